The van der Waals surface area contributed by atoms with E-state index in [9.17, 15) is 14.0 Å². The van der Waals surface area contributed by atoms with Crippen LogP contribution < -0.4 is 15.1 Å². The number of aryl methyl sites for hydroxylation is 1. The number of para-hydroxylation sites is 1. The van der Waals surface area contributed by atoms with Gasteiger partial charge in [0.05, 0.1) is 44.5 Å². The van der Waals surface area contributed by atoms with E-state index in [1.807, 2.05) is 11.0 Å². The number of halogens is 1. The van der Waals surface area contributed by atoms with Crippen molar-refractivity contribution in [2.24, 2.45) is 0 Å². The second-order valence-corrected chi connectivity index (χ2v) is 9.28. The van der Waals surface area contributed by atoms with Gasteiger partial charge in [0.1, 0.15) is 10.8 Å². The molecule has 2 heterocycles. The number of carbonyl (C=O) groups is 2. The predicted octanol–water partition coefficient (Wildman–Crippen LogP) is 2.29. The number of fused-ring (bicyclic) bond motifs is 1. The van der Waals surface area contributed by atoms with Gasteiger partial charge in [-0.1, -0.05) is 18.6 Å². The van der Waals surface area contributed by atoms with Gasteiger partial charge in [-0.15, -0.1) is 11.3 Å². The number of esters is 1. The highest BCUT2D eigenvalue weighted by Crippen LogP contribution is 2.37. The highest BCUT2D eigenvalue weighted by atomic mass is 32.1. The molecule has 0 bridgehead atoms. The second-order valence-electron chi connectivity index (χ2n) is 8.17. The van der Waals surface area contributed by atoms with Gasteiger partial charge in [0.2, 0.25) is 0 Å². The Morgan fingerprint density at radius 1 is 1.16 bits per heavy atom. The Kier molecular flexibility index (Phi) is 6.87. The number of carbonyl (C=O) groups excluding carboxylic acids is 2. The summed E-state index contributed by atoms with van der Waals surface area (Å²) in [6.45, 7) is 3.24. The van der Waals surface area contributed by atoms with Crippen molar-refractivity contribution in [1.82, 2.24) is 0 Å². The van der Waals surface area contributed by atoms with Gasteiger partial charge in [-0.2, -0.15) is 0 Å². The van der Waals surface area contributed by atoms with Crippen molar-refractivity contribution >= 4 is 33.9 Å². The Labute approximate surface area is 186 Å². The number of ether oxygens (including phenoxy) is 1. The fourth-order valence-electron chi connectivity index (χ4n) is 4.50. The van der Waals surface area contributed by atoms with Crippen molar-refractivity contribution in [1.29, 1.82) is 0 Å². The molecule has 8 heteroatoms. The second kappa shape index (κ2) is 9.78. The Morgan fingerprint density at radius 3 is 2.65 bits per heavy atom. The third-order valence-electron chi connectivity index (χ3n) is 6.14. The number of anilines is 2. The molecule has 1 fully saturated rings. The number of rotatable bonds is 5. The molecule has 0 atom stereocenters. The number of nitrogens with zero attached hydrogens (tertiary/aromatic N) is 1. The molecule has 2 N–H and O–H groups in total. The molecule has 2 aromatic rings. The van der Waals surface area contributed by atoms with Crippen LogP contribution in [0.4, 0.5) is 15.1 Å². The van der Waals surface area contributed by atoms with Crippen LogP contribution in [0.15, 0.2) is 24.3 Å². The van der Waals surface area contributed by atoms with Gasteiger partial charge in [-0.05, 0) is 43.4 Å². The minimum Gasteiger partial charge on any atom is -0.465 e. The zero-order valence-electron chi connectivity index (χ0n) is 17.8. The monoisotopic (exact) mass is 446 g/mol. The van der Waals surface area contributed by atoms with Gasteiger partial charge in [0.15, 0.2) is 6.54 Å². The maximum absolute atomic E-state index is 14.0. The zero-order valence-corrected chi connectivity index (χ0v) is 18.7. The molecular formula is C23H29FN3O3S+. The first-order valence-corrected chi connectivity index (χ1v) is 11.7. The summed E-state index contributed by atoms with van der Waals surface area (Å²) >= 11 is 1.52. The number of piperazine rings is 1. The van der Waals surface area contributed by atoms with E-state index in [0.29, 0.717) is 35.9 Å². The van der Waals surface area contributed by atoms with Crippen LogP contribution in [0.3, 0.4) is 0 Å². The number of nitrogens with one attached hydrogen (secondary N) is 2. The summed E-state index contributed by atoms with van der Waals surface area (Å²) in [6, 6.07) is 6.80. The summed E-state index contributed by atoms with van der Waals surface area (Å²) < 4.78 is 19.0. The minimum atomic E-state index is -0.374. The largest absolute Gasteiger partial charge is 0.465 e. The fraction of sp³-hybridized carbons (Fsp3) is 0.478. The SMILES string of the molecule is COC(=O)c1c(NC(=O)C[NH+]2CCN(c3ccccc3F)CC2)sc2c1CCCCC2. The molecular weight excluding hydrogens is 417 g/mol. The first-order chi connectivity index (χ1) is 15.1. The van der Waals surface area contributed by atoms with Crippen molar-refractivity contribution in [3.8, 4) is 0 Å². The average molecular weight is 447 g/mol. The van der Waals surface area contributed by atoms with E-state index < -0.39 is 0 Å². The van der Waals surface area contributed by atoms with Gasteiger partial charge in [0.25, 0.3) is 5.91 Å². The number of benzene rings is 1. The minimum absolute atomic E-state index is 0.101. The predicted molar refractivity (Wildman–Crippen MR) is 120 cm³/mol. The van der Waals surface area contributed by atoms with Crippen molar-refractivity contribution in [2.75, 3.05) is 50.1 Å². The average Bonchev–Trinajstić information content (AvgIpc) is 2.94. The maximum atomic E-state index is 14.0. The Hall–Kier alpha value is -2.45. The van der Waals surface area contributed by atoms with Gasteiger partial charge < -0.3 is 19.9 Å². The Bertz CT molecular complexity index is 954. The number of hydrogen-bond acceptors (Lipinski definition) is 5. The van der Waals surface area contributed by atoms with Crippen molar-refractivity contribution in [2.45, 2.75) is 32.1 Å². The van der Waals surface area contributed by atoms with Crippen LogP contribution >= 0.6 is 11.3 Å². The molecule has 0 radical (unpaired) electrons. The Morgan fingerprint density at radius 2 is 1.90 bits per heavy atom. The zero-order chi connectivity index (χ0) is 21.8. The topological polar surface area (TPSA) is 63.1 Å². The van der Waals surface area contributed by atoms with E-state index in [2.05, 4.69) is 5.32 Å². The molecule has 0 unspecified atom stereocenters. The fourth-order valence-corrected chi connectivity index (χ4v) is 5.79. The quantitative estimate of drug-likeness (QED) is 0.547. The van der Waals surface area contributed by atoms with Crippen LogP contribution in [-0.2, 0) is 22.4 Å². The van der Waals surface area contributed by atoms with E-state index in [4.69, 9.17) is 4.74 Å². The molecule has 2 aliphatic rings. The standard InChI is InChI=1S/C23H28FN3O3S/c1-30-23(29)21-16-7-3-2-4-10-19(16)31-22(21)25-20(28)15-26-11-13-27(14-12-26)18-9-6-5-8-17(18)24/h5-6,8-9H,2-4,7,10-15H2,1H3,(H,25,28)/p+1. The lowest BCUT2D eigenvalue weighted by molar-refractivity contribution is -0.892. The molecule has 1 aromatic carbocycles. The van der Waals surface area contributed by atoms with Gasteiger partial charge in [0, 0.05) is 4.88 Å². The van der Waals surface area contributed by atoms with E-state index in [1.54, 1.807) is 12.1 Å². The van der Waals surface area contributed by atoms with Crippen LogP contribution in [0.2, 0.25) is 0 Å². The lowest BCUT2D eigenvalue weighted by atomic mass is 10.1. The summed E-state index contributed by atoms with van der Waals surface area (Å²) in [5.41, 5.74) is 2.21. The van der Waals surface area contributed by atoms with Gasteiger partial charge in [-0.25, -0.2) is 9.18 Å². The van der Waals surface area contributed by atoms with Crippen molar-refractivity contribution in [3.05, 3.63) is 46.1 Å². The third-order valence-corrected chi connectivity index (χ3v) is 7.35. The first-order valence-electron chi connectivity index (χ1n) is 10.9. The van der Waals surface area contributed by atoms with Crippen molar-refractivity contribution in [3.63, 3.8) is 0 Å². The van der Waals surface area contributed by atoms with E-state index in [1.165, 1.54) is 29.4 Å². The number of hydrogen-bond donors (Lipinski definition) is 2. The smallest absolute Gasteiger partial charge is 0.341 e. The third kappa shape index (κ3) is 4.91. The molecule has 0 spiro atoms. The molecule has 0 saturated carbocycles. The summed E-state index contributed by atoms with van der Waals surface area (Å²) in [4.78, 5) is 29.6. The highest BCUT2D eigenvalue weighted by molar-refractivity contribution is 7.17. The molecule has 1 aliphatic heterocycles. The molecule has 1 aromatic heterocycles. The number of thiophene rings is 1. The lowest BCUT2D eigenvalue weighted by Crippen LogP contribution is -3.15. The molecule has 166 valence electrons. The summed E-state index contributed by atoms with van der Waals surface area (Å²) in [5, 5.41) is 3.61. The summed E-state index contributed by atoms with van der Waals surface area (Å²) in [5.74, 6) is -0.687. The van der Waals surface area contributed by atoms with Crippen LogP contribution in [-0.4, -0.2) is 51.7 Å². The van der Waals surface area contributed by atoms with Gasteiger partial charge in [-0.3, -0.25) is 4.79 Å². The van der Waals surface area contributed by atoms with Crippen LogP contribution in [0.1, 0.15) is 40.1 Å². The number of amides is 1. The van der Waals surface area contributed by atoms with Gasteiger partial charge >= 0.3 is 5.97 Å². The lowest BCUT2D eigenvalue weighted by Gasteiger charge is -2.33. The van der Waals surface area contributed by atoms with E-state index in [0.717, 1.165) is 55.7 Å². The molecule has 6 nitrogen and oxygen atoms in total. The molecule has 1 aliphatic carbocycles. The highest BCUT2D eigenvalue weighted by Gasteiger charge is 2.28. The summed E-state index contributed by atoms with van der Waals surface area (Å²) in [7, 11) is 1.38. The molecule has 1 amide bonds. The van der Waals surface area contributed by atoms with Crippen molar-refractivity contribution < 1.29 is 23.6 Å². The molecule has 4 rings (SSSR count). The molecule has 1 saturated heterocycles. The maximum Gasteiger partial charge on any atom is 0.341 e. The van der Waals surface area contributed by atoms with E-state index >= 15 is 0 Å². The first kappa shape index (κ1) is 21.8. The van der Waals surface area contributed by atoms with E-state index in [-0.39, 0.29) is 17.7 Å². The normalized spacial score (nSPS) is 17.0. The van der Waals surface area contributed by atoms with Crippen LogP contribution in [0.25, 0.3) is 0 Å². The number of quaternary nitrogens is 1. The Balaban J connectivity index is 1.38. The van der Waals surface area contributed by atoms with Crippen LogP contribution in [0.5, 0.6) is 0 Å². The number of methoxy groups -OCH3 is 1. The van der Waals surface area contributed by atoms with Crippen LogP contribution in [0, 0.1) is 5.82 Å². The molecule has 31 heavy (non-hydrogen) atoms. The summed E-state index contributed by atoms with van der Waals surface area (Å²) in [6.07, 6.45) is 5.12.